The van der Waals surface area contributed by atoms with Crippen LogP contribution in [0.25, 0.3) is 11.0 Å². The molecule has 0 N–H and O–H groups in total. The molecule has 0 aliphatic carbocycles. The Kier molecular flexibility index (Phi) is 4.50. The van der Waals surface area contributed by atoms with Gasteiger partial charge in [0, 0.05) is 24.7 Å². The SMILES string of the molecule is Cc1cc(C(=O)N(Cc2ccccc2)Cc2cc3ccccc3o2)nn1C. The average Bonchev–Trinajstić information content (AvgIpc) is 3.24. The highest BCUT2D eigenvalue weighted by Crippen LogP contribution is 2.22. The molecule has 2 aromatic heterocycles. The van der Waals surface area contributed by atoms with E-state index in [4.69, 9.17) is 4.42 Å². The molecule has 0 bridgehead atoms. The first-order valence-corrected chi connectivity index (χ1v) is 8.91. The second-order valence-electron chi connectivity index (χ2n) is 6.69. The van der Waals surface area contributed by atoms with Crippen LogP contribution in [0.15, 0.2) is 71.1 Å². The quantitative estimate of drug-likeness (QED) is 0.533. The van der Waals surface area contributed by atoms with Gasteiger partial charge in [-0.15, -0.1) is 0 Å². The summed E-state index contributed by atoms with van der Waals surface area (Å²) in [5, 5.41) is 5.39. The van der Waals surface area contributed by atoms with Crippen molar-refractivity contribution in [1.82, 2.24) is 14.7 Å². The minimum atomic E-state index is -0.108. The van der Waals surface area contributed by atoms with Crippen molar-refractivity contribution in [3.63, 3.8) is 0 Å². The van der Waals surface area contributed by atoms with Crippen LogP contribution in [0.4, 0.5) is 0 Å². The largest absolute Gasteiger partial charge is 0.459 e. The molecule has 0 aliphatic rings. The second-order valence-corrected chi connectivity index (χ2v) is 6.69. The summed E-state index contributed by atoms with van der Waals surface area (Å²) >= 11 is 0. The monoisotopic (exact) mass is 359 g/mol. The summed E-state index contributed by atoms with van der Waals surface area (Å²) in [6, 6.07) is 21.6. The van der Waals surface area contributed by atoms with Crippen molar-refractivity contribution in [2.45, 2.75) is 20.0 Å². The lowest BCUT2D eigenvalue weighted by Gasteiger charge is -2.21. The van der Waals surface area contributed by atoms with Crippen molar-refractivity contribution >= 4 is 16.9 Å². The Morgan fingerprint density at radius 2 is 1.78 bits per heavy atom. The average molecular weight is 359 g/mol. The maximum atomic E-state index is 13.1. The molecular formula is C22H21N3O2. The number of furan rings is 1. The van der Waals surface area contributed by atoms with Gasteiger partial charge in [0.05, 0.1) is 6.54 Å². The molecule has 27 heavy (non-hydrogen) atoms. The summed E-state index contributed by atoms with van der Waals surface area (Å²) in [7, 11) is 1.84. The highest BCUT2D eigenvalue weighted by atomic mass is 16.3. The molecule has 136 valence electrons. The first-order chi connectivity index (χ1) is 13.1. The number of aryl methyl sites for hydroxylation is 2. The third-order valence-electron chi connectivity index (χ3n) is 4.66. The molecule has 2 heterocycles. The number of benzene rings is 2. The van der Waals surface area contributed by atoms with Gasteiger partial charge in [-0.05, 0) is 30.7 Å². The fourth-order valence-electron chi connectivity index (χ4n) is 3.13. The van der Waals surface area contributed by atoms with Crippen molar-refractivity contribution in [2.24, 2.45) is 7.05 Å². The predicted octanol–water partition coefficient (Wildman–Crippen LogP) is 4.32. The number of carbonyl (C=O) groups excluding carboxylic acids is 1. The highest BCUT2D eigenvalue weighted by molar-refractivity contribution is 5.92. The molecule has 0 fully saturated rings. The van der Waals surface area contributed by atoms with Gasteiger partial charge >= 0.3 is 0 Å². The van der Waals surface area contributed by atoms with Crippen LogP contribution in [-0.2, 0) is 20.1 Å². The molecule has 0 saturated heterocycles. The van der Waals surface area contributed by atoms with Gasteiger partial charge in [0.25, 0.3) is 5.91 Å². The van der Waals surface area contributed by atoms with Gasteiger partial charge in [0.1, 0.15) is 11.3 Å². The highest BCUT2D eigenvalue weighted by Gasteiger charge is 2.21. The van der Waals surface area contributed by atoms with Crippen LogP contribution in [0.5, 0.6) is 0 Å². The minimum Gasteiger partial charge on any atom is -0.459 e. The van der Waals surface area contributed by atoms with E-state index in [2.05, 4.69) is 5.10 Å². The van der Waals surface area contributed by atoms with Crippen molar-refractivity contribution in [3.05, 3.63) is 89.4 Å². The molecule has 0 atom stereocenters. The lowest BCUT2D eigenvalue weighted by molar-refractivity contribution is 0.0712. The van der Waals surface area contributed by atoms with Crippen LogP contribution in [-0.4, -0.2) is 20.6 Å². The van der Waals surface area contributed by atoms with Gasteiger partial charge in [-0.25, -0.2) is 0 Å². The number of hydrogen-bond donors (Lipinski definition) is 0. The summed E-state index contributed by atoms with van der Waals surface area (Å²) in [5.41, 5.74) is 3.28. The molecule has 0 unspecified atom stereocenters. The van der Waals surface area contributed by atoms with E-state index < -0.39 is 0 Å². The summed E-state index contributed by atoms with van der Waals surface area (Å²) in [6.07, 6.45) is 0. The number of carbonyl (C=O) groups is 1. The standard InChI is InChI=1S/C22H21N3O2/c1-16-12-20(23-24(16)2)22(26)25(14-17-8-4-3-5-9-17)15-19-13-18-10-6-7-11-21(18)27-19/h3-13H,14-15H2,1-2H3. The molecule has 4 aromatic rings. The summed E-state index contributed by atoms with van der Waals surface area (Å²) < 4.78 is 7.65. The molecule has 5 nitrogen and oxygen atoms in total. The zero-order valence-corrected chi connectivity index (χ0v) is 15.4. The van der Waals surface area contributed by atoms with Crippen molar-refractivity contribution in [1.29, 1.82) is 0 Å². The van der Waals surface area contributed by atoms with Gasteiger partial charge in [-0.2, -0.15) is 5.10 Å². The summed E-state index contributed by atoms with van der Waals surface area (Å²) in [6.45, 7) is 2.81. The Hall–Kier alpha value is -3.34. The Bertz CT molecular complexity index is 1030. The van der Waals surface area contributed by atoms with Gasteiger partial charge in [-0.3, -0.25) is 9.48 Å². The zero-order valence-electron chi connectivity index (χ0n) is 15.4. The van der Waals surface area contributed by atoms with E-state index in [1.807, 2.05) is 80.7 Å². The third-order valence-corrected chi connectivity index (χ3v) is 4.66. The molecule has 0 radical (unpaired) electrons. The minimum absolute atomic E-state index is 0.108. The van der Waals surface area contributed by atoms with E-state index >= 15 is 0 Å². The Balaban J connectivity index is 1.65. The molecule has 2 aromatic carbocycles. The number of amides is 1. The Morgan fingerprint density at radius 3 is 2.48 bits per heavy atom. The Labute approximate surface area is 157 Å². The first-order valence-electron chi connectivity index (χ1n) is 8.91. The van der Waals surface area contributed by atoms with Crippen LogP contribution in [0.3, 0.4) is 0 Å². The summed E-state index contributed by atoms with van der Waals surface area (Å²) in [4.78, 5) is 14.9. The van der Waals surface area contributed by atoms with Crippen molar-refractivity contribution in [2.75, 3.05) is 0 Å². The van der Waals surface area contributed by atoms with Crippen molar-refractivity contribution in [3.8, 4) is 0 Å². The maximum Gasteiger partial charge on any atom is 0.275 e. The zero-order chi connectivity index (χ0) is 18.8. The van der Waals surface area contributed by atoms with Crippen LogP contribution < -0.4 is 0 Å². The Morgan fingerprint density at radius 1 is 1.04 bits per heavy atom. The van der Waals surface area contributed by atoms with Crippen LogP contribution in [0.2, 0.25) is 0 Å². The van der Waals surface area contributed by atoms with E-state index in [1.54, 1.807) is 9.58 Å². The number of nitrogens with zero attached hydrogens (tertiary/aromatic N) is 3. The number of aromatic nitrogens is 2. The molecule has 0 spiro atoms. The van der Waals surface area contributed by atoms with Crippen LogP contribution in [0, 0.1) is 6.92 Å². The van der Waals surface area contributed by atoms with E-state index in [1.165, 1.54) is 0 Å². The maximum absolute atomic E-state index is 13.1. The van der Waals surface area contributed by atoms with Crippen LogP contribution in [0.1, 0.15) is 27.5 Å². The smallest absolute Gasteiger partial charge is 0.275 e. The predicted molar refractivity (Wildman–Crippen MR) is 104 cm³/mol. The normalized spacial score (nSPS) is 11.0. The number of fused-ring (bicyclic) bond motifs is 1. The number of rotatable bonds is 5. The van der Waals surface area contributed by atoms with E-state index in [-0.39, 0.29) is 5.91 Å². The van der Waals surface area contributed by atoms with Gasteiger partial charge in [0.2, 0.25) is 0 Å². The van der Waals surface area contributed by atoms with E-state index in [0.29, 0.717) is 18.8 Å². The lowest BCUT2D eigenvalue weighted by atomic mass is 10.2. The fraction of sp³-hybridized carbons (Fsp3) is 0.182. The molecule has 5 heteroatoms. The number of hydrogen-bond acceptors (Lipinski definition) is 3. The molecule has 1 amide bonds. The first kappa shape index (κ1) is 17.1. The van der Waals surface area contributed by atoms with Crippen molar-refractivity contribution < 1.29 is 9.21 Å². The number of para-hydroxylation sites is 1. The lowest BCUT2D eigenvalue weighted by Crippen LogP contribution is -2.30. The third kappa shape index (κ3) is 3.62. The fourth-order valence-corrected chi connectivity index (χ4v) is 3.13. The molecule has 4 rings (SSSR count). The van der Waals surface area contributed by atoms with Crippen LogP contribution >= 0.6 is 0 Å². The summed E-state index contributed by atoms with van der Waals surface area (Å²) in [5.74, 6) is 0.649. The van der Waals surface area contributed by atoms with Gasteiger partial charge in [0.15, 0.2) is 5.69 Å². The van der Waals surface area contributed by atoms with Gasteiger partial charge < -0.3 is 9.32 Å². The molecule has 0 saturated carbocycles. The van der Waals surface area contributed by atoms with E-state index in [0.717, 1.165) is 28.0 Å². The molecular weight excluding hydrogens is 338 g/mol. The van der Waals surface area contributed by atoms with E-state index in [9.17, 15) is 4.79 Å². The second kappa shape index (κ2) is 7.11. The van der Waals surface area contributed by atoms with Gasteiger partial charge in [-0.1, -0.05) is 48.5 Å². The topological polar surface area (TPSA) is 51.3 Å². The molecule has 0 aliphatic heterocycles.